The molecule has 3 nitrogen and oxygen atoms in total. The molecule has 94 valence electrons. The van der Waals surface area contributed by atoms with E-state index in [1.54, 1.807) is 0 Å². The van der Waals surface area contributed by atoms with Crippen molar-refractivity contribution in [3.05, 3.63) is 36.0 Å². The first-order chi connectivity index (χ1) is 8.72. The van der Waals surface area contributed by atoms with Gasteiger partial charge in [0.25, 0.3) is 0 Å². The molecule has 2 aromatic rings. The van der Waals surface area contributed by atoms with Crippen LogP contribution in [-0.2, 0) is 0 Å². The van der Waals surface area contributed by atoms with Crippen LogP contribution in [0.2, 0.25) is 0 Å². The zero-order valence-corrected chi connectivity index (χ0v) is 10.5. The van der Waals surface area contributed by atoms with E-state index >= 15 is 0 Å². The van der Waals surface area contributed by atoms with E-state index in [0.29, 0.717) is 0 Å². The molecule has 3 heteroatoms. The number of aryl methyl sites for hydroxylation is 1. The van der Waals surface area contributed by atoms with Gasteiger partial charge in [-0.1, -0.05) is 6.07 Å². The van der Waals surface area contributed by atoms with Gasteiger partial charge in [-0.3, -0.25) is 4.98 Å². The largest absolute Gasteiger partial charge is 0.488 e. The average molecular weight is 243 g/mol. The van der Waals surface area contributed by atoms with Crippen LogP contribution in [0.1, 0.15) is 25.0 Å². The number of aromatic nitrogens is 1. The lowest BCUT2D eigenvalue weighted by molar-refractivity contribution is 0.0605. The van der Waals surface area contributed by atoms with Crippen LogP contribution in [0, 0.1) is 6.92 Å². The monoisotopic (exact) mass is 243 g/mol. The van der Waals surface area contributed by atoms with Crippen LogP contribution < -0.4 is 4.74 Å². The summed E-state index contributed by atoms with van der Waals surface area (Å²) in [6, 6.07) is 9.98. The molecular weight excluding hydrogens is 226 g/mol. The first-order valence-electron chi connectivity index (χ1n) is 6.44. The molecule has 1 fully saturated rings. The van der Waals surface area contributed by atoms with Gasteiger partial charge in [0.15, 0.2) is 0 Å². The number of fused-ring (bicyclic) bond motifs is 1. The summed E-state index contributed by atoms with van der Waals surface area (Å²) < 4.78 is 5.85. The van der Waals surface area contributed by atoms with Crippen molar-refractivity contribution in [3.63, 3.8) is 0 Å². The SMILES string of the molecule is Cc1ccc2ccc(O[C@H]3CCC[C@@H]3O)cc2n1. The quantitative estimate of drug-likeness (QED) is 0.882. The molecule has 1 heterocycles. The van der Waals surface area contributed by atoms with Crippen molar-refractivity contribution in [3.8, 4) is 5.75 Å². The smallest absolute Gasteiger partial charge is 0.124 e. The van der Waals surface area contributed by atoms with E-state index in [4.69, 9.17) is 4.74 Å². The maximum absolute atomic E-state index is 9.77. The van der Waals surface area contributed by atoms with Crippen molar-refractivity contribution >= 4 is 10.9 Å². The van der Waals surface area contributed by atoms with Crippen molar-refractivity contribution < 1.29 is 9.84 Å². The topological polar surface area (TPSA) is 42.4 Å². The van der Waals surface area contributed by atoms with Gasteiger partial charge in [0.2, 0.25) is 0 Å². The fraction of sp³-hybridized carbons (Fsp3) is 0.400. The second-order valence-electron chi connectivity index (χ2n) is 4.96. The molecule has 2 atom stereocenters. The van der Waals surface area contributed by atoms with Crippen LogP contribution in [0.15, 0.2) is 30.3 Å². The highest BCUT2D eigenvalue weighted by molar-refractivity contribution is 5.80. The Balaban J connectivity index is 1.88. The molecule has 1 aliphatic carbocycles. The van der Waals surface area contributed by atoms with Gasteiger partial charge < -0.3 is 9.84 Å². The molecule has 0 saturated heterocycles. The third-order valence-corrected chi connectivity index (χ3v) is 3.51. The molecule has 1 N–H and O–H groups in total. The van der Waals surface area contributed by atoms with Crippen LogP contribution in [0.3, 0.4) is 0 Å². The summed E-state index contributed by atoms with van der Waals surface area (Å²) in [6.07, 6.45) is 2.42. The Morgan fingerprint density at radius 3 is 2.83 bits per heavy atom. The van der Waals surface area contributed by atoms with Crippen molar-refractivity contribution in [1.82, 2.24) is 4.98 Å². The second kappa shape index (κ2) is 4.58. The predicted octanol–water partition coefficient (Wildman–Crippen LogP) is 2.84. The molecule has 0 aliphatic heterocycles. The number of nitrogens with zero attached hydrogens (tertiary/aromatic N) is 1. The predicted molar refractivity (Wildman–Crippen MR) is 70.8 cm³/mol. The van der Waals surface area contributed by atoms with Crippen molar-refractivity contribution in [2.75, 3.05) is 0 Å². The third kappa shape index (κ3) is 2.18. The van der Waals surface area contributed by atoms with Crippen molar-refractivity contribution in [2.45, 2.75) is 38.4 Å². The van der Waals surface area contributed by atoms with E-state index in [2.05, 4.69) is 11.1 Å². The number of aliphatic hydroxyl groups is 1. The number of aliphatic hydroxyl groups excluding tert-OH is 1. The standard InChI is InChI=1S/C15H17NO2/c1-10-5-6-11-7-8-12(9-13(11)16-10)18-15-4-2-3-14(15)17/h5-9,14-15,17H,2-4H2,1H3/t14-,15-/m0/s1. The van der Waals surface area contributed by atoms with Gasteiger partial charge >= 0.3 is 0 Å². The maximum atomic E-state index is 9.77. The second-order valence-corrected chi connectivity index (χ2v) is 4.96. The summed E-state index contributed by atoms with van der Waals surface area (Å²) in [4.78, 5) is 4.49. The van der Waals surface area contributed by atoms with Gasteiger partial charge in [0.1, 0.15) is 11.9 Å². The lowest BCUT2D eigenvalue weighted by Gasteiger charge is -2.17. The van der Waals surface area contributed by atoms with E-state index in [0.717, 1.165) is 41.6 Å². The van der Waals surface area contributed by atoms with E-state index in [-0.39, 0.29) is 12.2 Å². The molecule has 0 amide bonds. The van der Waals surface area contributed by atoms with Gasteiger partial charge in [-0.15, -0.1) is 0 Å². The number of pyridine rings is 1. The molecule has 3 rings (SSSR count). The molecule has 0 spiro atoms. The Labute approximate surface area is 106 Å². The Morgan fingerprint density at radius 2 is 2.06 bits per heavy atom. The summed E-state index contributed by atoms with van der Waals surface area (Å²) in [7, 11) is 0. The molecule has 1 aliphatic rings. The first-order valence-corrected chi connectivity index (χ1v) is 6.44. The normalized spacial score (nSPS) is 23.4. The van der Waals surface area contributed by atoms with Crippen LogP contribution >= 0.6 is 0 Å². The van der Waals surface area contributed by atoms with Gasteiger partial charge in [-0.2, -0.15) is 0 Å². The van der Waals surface area contributed by atoms with Gasteiger partial charge in [-0.05, 0) is 44.4 Å². The summed E-state index contributed by atoms with van der Waals surface area (Å²) in [5.74, 6) is 0.798. The van der Waals surface area contributed by atoms with Gasteiger partial charge in [-0.25, -0.2) is 0 Å². The Morgan fingerprint density at radius 1 is 1.22 bits per heavy atom. The zero-order valence-electron chi connectivity index (χ0n) is 10.5. The fourth-order valence-corrected chi connectivity index (χ4v) is 2.49. The van der Waals surface area contributed by atoms with Crippen molar-refractivity contribution in [1.29, 1.82) is 0 Å². The highest BCUT2D eigenvalue weighted by Crippen LogP contribution is 2.26. The minimum Gasteiger partial charge on any atom is -0.488 e. The van der Waals surface area contributed by atoms with E-state index in [1.807, 2.05) is 31.2 Å². The van der Waals surface area contributed by atoms with Gasteiger partial charge in [0, 0.05) is 17.1 Å². The van der Waals surface area contributed by atoms with Gasteiger partial charge in [0.05, 0.1) is 11.6 Å². The Bertz CT molecular complexity index is 567. The van der Waals surface area contributed by atoms with E-state index in [9.17, 15) is 5.11 Å². The molecule has 1 aromatic carbocycles. The molecule has 1 aromatic heterocycles. The molecular formula is C15H17NO2. The first kappa shape index (κ1) is 11.5. The lowest BCUT2D eigenvalue weighted by Crippen LogP contribution is -2.25. The number of hydrogen-bond acceptors (Lipinski definition) is 3. The molecule has 18 heavy (non-hydrogen) atoms. The minimum atomic E-state index is -0.328. The summed E-state index contributed by atoms with van der Waals surface area (Å²) in [5.41, 5.74) is 1.94. The molecule has 0 radical (unpaired) electrons. The fourth-order valence-electron chi connectivity index (χ4n) is 2.49. The van der Waals surface area contributed by atoms with Crippen LogP contribution in [0.5, 0.6) is 5.75 Å². The lowest BCUT2D eigenvalue weighted by atomic mass is 10.2. The molecule has 0 unspecified atom stereocenters. The maximum Gasteiger partial charge on any atom is 0.124 e. The number of benzene rings is 1. The zero-order chi connectivity index (χ0) is 12.5. The van der Waals surface area contributed by atoms with Crippen LogP contribution in [0.25, 0.3) is 10.9 Å². The van der Waals surface area contributed by atoms with Crippen LogP contribution in [-0.4, -0.2) is 22.3 Å². The average Bonchev–Trinajstić information content (AvgIpc) is 2.74. The van der Waals surface area contributed by atoms with Crippen LogP contribution in [0.4, 0.5) is 0 Å². The summed E-state index contributed by atoms with van der Waals surface area (Å²) in [5, 5.41) is 10.9. The van der Waals surface area contributed by atoms with E-state index in [1.165, 1.54) is 0 Å². The third-order valence-electron chi connectivity index (χ3n) is 3.51. The number of rotatable bonds is 2. The summed E-state index contributed by atoms with van der Waals surface area (Å²) >= 11 is 0. The molecule has 0 bridgehead atoms. The van der Waals surface area contributed by atoms with E-state index < -0.39 is 0 Å². The molecule has 1 saturated carbocycles. The highest BCUT2D eigenvalue weighted by atomic mass is 16.5. The number of hydrogen-bond donors (Lipinski definition) is 1. The number of ether oxygens (including phenoxy) is 1. The Hall–Kier alpha value is -1.61. The Kier molecular flexibility index (Phi) is 2.92. The summed E-state index contributed by atoms with van der Waals surface area (Å²) in [6.45, 7) is 1.98. The highest BCUT2D eigenvalue weighted by Gasteiger charge is 2.26. The minimum absolute atomic E-state index is 0.0627. The van der Waals surface area contributed by atoms with Crippen molar-refractivity contribution in [2.24, 2.45) is 0 Å².